The van der Waals surface area contributed by atoms with E-state index in [1.807, 2.05) is 0 Å². The van der Waals surface area contributed by atoms with Crippen molar-refractivity contribution in [3.63, 3.8) is 0 Å². The normalized spacial score (nSPS) is 10.5. The molecule has 0 spiro atoms. The predicted octanol–water partition coefficient (Wildman–Crippen LogP) is -1.12. The van der Waals surface area contributed by atoms with Crippen molar-refractivity contribution in [1.82, 2.24) is 19.6 Å². The first-order chi connectivity index (χ1) is 6.24. The molecule has 2 rings (SSSR count). The molecular formula is C6H8N6O. The van der Waals surface area contributed by atoms with Gasteiger partial charge in [0, 0.05) is 7.05 Å². The van der Waals surface area contributed by atoms with Gasteiger partial charge in [-0.15, -0.1) is 0 Å². The Labute approximate surface area is 72.6 Å². The van der Waals surface area contributed by atoms with E-state index in [1.165, 1.54) is 11.0 Å². The lowest BCUT2D eigenvalue weighted by Gasteiger charge is -2.00. The Kier molecular flexibility index (Phi) is 1.44. The first-order valence-corrected chi connectivity index (χ1v) is 3.63. The van der Waals surface area contributed by atoms with Gasteiger partial charge in [-0.1, -0.05) is 0 Å². The van der Waals surface area contributed by atoms with E-state index >= 15 is 0 Å². The Morgan fingerprint density at radius 3 is 3.08 bits per heavy atom. The Morgan fingerprint density at radius 1 is 1.62 bits per heavy atom. The second-order valence-electron chi connectivity index (χ2n) is 2.45. The van der Waals surface area contributed by atoms with Crippen molar-refractivity contribution < 1.29 is 0 Å². The highest BCUT2D eigenvalue weighted by atomic mass is 16.2. The number of anilines is 1. The van der Waals surface area contributed by atoms with Crippen molar-refractivity contribution in [2.24, 2.45) is 0 Å². The number of imidazole rings is 1. The number of nitrogen functional groups attached to an aromatic ring is 1. The molecule has 2 aromatic heterocycles. The third-order valence-corrected chi connectivity index (χ3v) is 1.73. The van der Waals surface area contributed by atoms with Crippen LogP contribution in [0.5, 0.6) is 0 Å². The molecule has 0 radical (unpaired) electrons. The molecule has 0 bridgehead atoms. The molecule has 2 aromatic rings. The lowest BCUT2D eigenvalue weighted by atomic mass is 10.5. The molecule has 13 heavy (non-hydrogen) atoms. The van der Waals surface area contributed by atoms with Gasteiger partial charge in [0.15, 0.2) is 17.0 Å². The Hall–Kier alpha value is -2.05. The molecule has 0 aliphatic carbocycles. The van der Waals surface area contributed by atoms with E-state index in [4.69, 9.17) is 5.73 Å². The van der Waals surface area contributed by atoms with Crippen LogP contribution in [0.1, 0.15) is 0 Å². The monoisotopic (exact) mass is 180 g/mol. The van der Waals surface area contributed by atoms with Crippen LogP contribution in [0, 0.1) is 0 Å². The second-order valence-corrected chi connectivity index (χ2v) is 2.45. The highest BCUT2D eigenvalue weighted by Crippen LogP contribution is 2.10. The quantitative estimate of drug-likeness (QED) is 0.515. The summed E-state index contributed by atoms with van der Waals surface area (Å²) in [5, 5.41) is 0. The lowest BCUT2D eigenvalue weighted by Crippen LogP contribution is -2.23. The highest BCUT2D eigenvalue weighted by Gasteiger charge is 2.09. The number of aromatic nitrogens is 4. The van der Waals surface area contributed by atoms with Crippen LogP contribution in [0.25, 0.3) is 11.2 Å². The van der Waals surface area contributed by atoms with E-state index in [1.54, 1.807) is 7.05 Å². The number of aromatic amines is 1. The van der Waals surface area contributed by atoms with Crippen molar-refractivity contribution in [2.45, 2.75) is 0 Å². The summed E-state index contributed by atoms with van der Waals surface area (Å²) in [7, 11) is 1.61. The van der Waals surface area contributed by atoms with Gasteiger partial charge in [-0.05, 0) is 0 Å². The van der Waals surface area contributed by atoms with Crippen LogP contribution < -0.4 is 16.8 Å². The van der Waals surface area contributed by atoms with E-state index < -0.39 is 0 Å². The zero-order chi connectivity index (χ0) is 9.42. The predicted molar refractivity (Wildman–Crippen MR) is 47.8 cm³/mol. The molecule has 0 unspecified atom stereocenters. The number of nitrogens with two attached hydrogens (primary N) is 1. The summed E-state index contributed by atoms with van der Waals surface area (Å²) < 4.78 is 1.25. The molecule has 4 N–H and O–H groups in total. The van der Waals surface area contributed by atoms with Crippen molar-refractivity contribution in [1.29, 1.82) is 0 Å². The topological polar surface area (TPSA) is 102 Å². The molecular weight excluding hydrogens is 172 g/mol. The third-order valence-electron chi connectivity index (χ3n) is 1.73. The molecule has 0 aliphatic rings. The second kappa shape index (κ2) is 2.47. The maximum absolute atomic E-state index is 11.2. The lowest BCUT2D eigenvalue weighted by molar-refractivity contribution is 0.901. The minimum atomic E-state index is -0.315. The standard InChI is InChI=1S/C6H8N6O/c1-8-12-3-4(7)9-2-10-5(3)11-6(12)13/h2,8H,1H3,(H3,7,9,10,11,13). The number of nitrogens with one attached hydrogen (secondary N) is 2. The third kappa shape index (κ3) is 0.934. The summed E-state index contributed by atoms with van der Waals surface area (Å²) in [6.45, 7) is 0. The van der Waals surface area contributed by atoms with Gasteiger partial charge < -0.3 is 11.2 Å². The van der Waals surface area contributed by atoms with E-state index in [0.29, 0.717) is 11.2 Å². The number of rotatable bonds is 1. The molecule has 7 heteroatoms. The largest absolute Gasteiger partial charge is 0.382 e. The van der Waals surface area contributed by atoms with Crippen molar-refractivity contribution in [3.05, 3.63) is 16.8 Å². The molecule has 2 heterocycles. The van der Waals surface area contributed by atoms with Crippen molar-refractivity contribution in [2.75, 3.05) is 18.2 Å². The zero-order valence-electron chi connectivity index (χ0n) is 6.90. The fraction of sp³-hybridized carbons (Fsp3) is 0.167. The Bertz CT molecular complexity index is 497. The molecule has 7 nitrogen and oxygen atoms in total. The summed E-state index contributed by atoms with van der Waals surface area (Å²) >= 11 is 0. The minimum absolute atomic E-state index is 0.262. The molecule has 68 valence electrons. The summed E-state index contributed by atoms with van der Waals surface area (Å²) in [5.41, 5.74) is 8.82. The highest BCUT2D eigenvalue weighted by molar-refractivity contribution is 5.81. The van der Waals surface area contributed by atoms with Gasteiger partial charge in [-0.2, -0.15) is 0 Å². The van der Waals surface area contributed by atoms with Gasteiger partial charge in [0.1, 0.15) is 6.33 Å². The Balaban J connectivity index is 2.96. The van der Waals surface area contributed by atoms with Gasteiger partial charge in [0.25, 0.3) is 0 Å². The van der Waals surface area contributed by atoms with Crippen LogP contribution >= 0.6 is 0 Å². The molecule has 0 aliphatic heterocycles. The average Bonchev–Trinajstić information content (AvgIpc) is 2.42. The van der Waals surface area contributed by atoms with Gasteiger partial charge in [-0.25, -0.2) is 19.4 Å². The van der Waals surface area contributed by atoms with Crippen LogP contribution in [-0.4, -0.2) is 26.7 Å². The summed E-state index contributed by atoms with van der Waals surface area (Å²) in [6.07, 6.45) is 1.30. The summed E-state index contributed by atoms with van der Waals surface area (Å²) in [5.74, 6) is 0.262. The van der Waals surface area contributed by atoms with Gasteiger partial charge >= 0.3 is 5.69 Å². The number of fused-ring (bicyclic) bond motifs is 1. The number of hydrogen-bond donors (Lipinski definition) is 3. The van der Waals surface area contributed by atoms with Crippen molar-refractivity contribution >= 4 is 17.0 Å². The van der Waals surface area contributed by atoms with Crippen LogP contribution in [0.3, 0.4) is 0 Å². The van der Waals surface area contributed by atoms with Crippen LogP contribution in [0.2, 0.25) is 0 Å². The molecule has 0 amide bonds. The molecule has 0 aromatic carbocycles. The summed E-state index contributed by atoms with van der Waals surface area (Å²) in [4.78, 5) is 21.4. The smallest absolute Gasteiger partial charge is 0.346 e. The van der Waals surface area contributed by atoms with Crippen molar-refractivity contribution in [3.8, 4) is 0 Å². The maximum atomic E-state index is 11.2. The minimum Gasteiger partial charge on any atom is -0.382 e. The van der Waals surface area contributed by atoms with Gasteiger partial charge in [0.2, 0.25) is 0 Å². The fourth-order valence-corrected chi connectivity index (χ4v) is 1.18. The first kappa shape index (κ1) is 7.59. The number of H-pyrrole nitrogens is 1. The van der Waals surface area contributed by atoms with E-state index in [2.05, 4.69) is 20.4 Å². The fourth-order valence-electron chi connectivity index (χ4n) is 1.18. The van der Waals surface area contributed by atoms with E-state index in [0.717, 1.165) is 0 Å². The van der Waals surface area contributed by atoms with E-state index in [9.17, 15) is 4.79 Å². The van der Waals surface area contributed by atoms with Crippen LogP contribution in [0.4, 0.5) is 5.82 Å². The van der Waals surface area contributed by atoms with Gasteiger partial charge in [-0.3, -0.25) is 4.98 Å². The molecule has 0 fully saturated rings. The van der Waals surface area contributed by atoms with E-state index in [-0.39, 0.29) is 11.5 Å². The number of hydrogen-bond acceptors (Lipinski definition) is 5. The number of nitrogens with zero attached hydrogens (tertiary/aromatic N) is 3. The Morgan fingerprint density at radius 2 is 2.38 bits per heavy atom. The average molecular weight is 180 g/mol. The van der Waals surface area contributed by atoms with Crippen LogP contribution in [-0.2, 0) is 0 Å². The first-order valence-electron chi connectivity index (χ1n) is 3.63. The molecule has 0 saturated heterocycles. The van der Waals surface area contributed by atoms with Gasteiger partial charge in [0.05, 0.1) is 0 Å². The maximum Gasteiger partial charge on any atom is 0.346 e. The summed E-state index contributed by atoms with van der Waals surface area (Å²) in [6, 6.07) is 0. The molecule has 0 saturated carbocycles. The van der Waals surface area contributed by atoms with Crippen LogP contribution in [0.15, 0.2) is 11.1 Å². The zero-order valence-corrected chi connectivity index (χ0v) is 6.90. The SMILES string of the molecule is CNn1c(=O)[nH]c2ncnc(N)c21. The molecule has 0 atom stereocenters.